The number of carbonyl (C=O) groups excluding carboxylic acids is 1. The van der Waals surface area contributed by atoms with Crippen molar-refractivity contribution in [3.05, 3.63) is 70.3 Å². The SMILES string of the molecule is COc1ccc2c(c1Oc1cc(F)cc(F)c1)C(=O)O[C@@H]2[C@H]1c2c(cc3c(c2OC)OCO3)CCN1C. The van der Waals surface area contributed by atoms with Crippen LogP contribution in [0.15, 0.2) is 36.4 Å². The van der Waals surface area contributed by atoms with Crippen LogP contribution in [-0.2, 0) is 11.2 Å². The molecular formula is C27H23F2NO7. The van der Waals surface area contributed by atoms with Gasteiger partial charge in [0.2, 0.25) is 12.5 Å². The van der Waals surface area contributed by atoms with Crippen LogP contribution in [0.4, 0.5) is 8.78 Å². The summed E-state index contributed by atoms with van der Waals surface area (Å²) in [7, 11) is 4.92. The summed E-state index contributed by atoms with van der Waals surface area (Å²) >= 11 is 0. The zero-order valence-corrected chi connectivity index (χ0v) is 20.3. The number of benzene rings is 3. The molecule has 2 atom stereocenters. The molecule has 0 aromatic heterocycles. The summed E-state index contributed by atoms with van der Waals surface area (Å²) in [4.78, 5) is 15.4. The molecule has 0 aliphatic carbocycles. The highest BCUT2D eigenvalue weighted by atomic mass is 19.1. The standard InChI is InChI=1S/C27H23F2NO7/c1-30-7-6-13-8-19-25(35-12-34-19)26(33-3)20(13)22(30)23-17-4-5-18(32-2)24(21(17)27(31)37-23)36-16-10-14(28)9-15(29)11-16/h4-5,8-11,22-23H,6-7,12H2,1-3H3/t22-,23+/m1/s1. The lowest BCUT2D eigenvalue weighted by molar-refractivity contribution is 0.00876. The lowest BCUT2D eigenvalue weighted by Gasteiger charge is -2.38. The van der Waals surface area contributed by atoms with Crippen LogP contribution in [0.1, 0.15) is 39.2 Å². The van der Waals surface area contributed by atoms with Gasteiger partial charge in [0.1, 0.15) is 29.1 Å². The van der Waals surface area contributed by atoms with E-state index in [2.05, 4.69) is 4.90 Å². The Morgan fingerprint density at radius 3 is 2.51 bits per heavy atom. The van der Waals surface area contributed by atoms with Crippen molar-refractivity contribution < 1.29 is 42.0 Å². The zero-order valence-electron chi connectivity index (χ0n) is 20.3. The number of nitrogens with zero attached hydrogens (tertiary/aromatic N) is 1. The Morgan fingerprint density at radius 2 is 1.78 bits per heavy atom. The summed E-state index contributed by atoms with van der Waals surface area (Å²) in [6, 6.07) is 7.70. The van der Waals surface area contributed by atoms with Crippen molar-refractivity contribution in [1.82, 2.24) is 4.90 Å². The van der Waals surface area contributed by atoms with Gasteiger partial charge in [-0.1, -0.05) is 6.07 Å². The first-order valence-corrected chi connectivity index (χ1v) is 11.6. The second-order valence-electron chi connectivity index (χ2n) is 8.99. The third-order valence-corrected chi connectivity index (χ3v) is 6.91. The Kier molecular flexibility index (Phi) is 5.56. The van der Waals surface area contributed by atoms with Gasteiger partial charge in [0.05, 0.1) is 20.3 Å². The molecule has 3 aliphatic heterocycles. The highest BCUT2D eigenvalue weighted by molar-refractivity contribution is 5.98. The fourth-order valence-electron chi connectivity index (χ4n) is 5.32. The largest absolute Gasteiger partial charge is 0.493 e. The lowest BCUT2D eigenvalue weighted by atomic mass is 9.85. The van der Waals surface area contributed by atoms with Crippen LogP contribution in [0.5, 0.6) is 34.5 Å². The molecule has 0 spiro atoms. The second-order valence-corrected chi connectivity index (χ2v) is 8.99. The maximum absolute atomic E-state index is 13.8. The van der Waals surface area contributed by atoms with E-state index in [1.54, 1.807) is 19.2 Å². The molecule has 6 rings (SSSR count). The topological polar surface area (TPSA) is 75.7 Å². The number of esters is 1. The first-order chi connectivity index (χ1) is 17.9. The maximum Gasteiger partial charge on any atom is 0.343 e. The molecule has 0 N–H and O–H groups in total. The van der Waals surface area contributed by atoms with Crippen LogP contribution in [0.2, 0.25) is 0 Å². The Bertz CT molecular complexity index is 1410. The van der Waals surface area contributed by atoms with E-state index in [1.165, 1.54) is 7.11 Å². The van der Waals surface area contributed by atoms with Crippen molar-refractivity contribution in [2.75, 3.05) is 34.6 Å². The Morgan fingerprint density at radius 1 is 1.00 bits per heavy atom. The molecule has 0 unspecified atom stereocenters. The minimum Gasteiger partial charge on any atom is -0.493 e. The van der Waals surface area contributed by atoms with E-state index in [9.17, 15) is 13.6 Å². The predicted octanol–water partition coefficient (Wildman–Crippen LogP) is 4.94. The molecule has 3 heterocycles. The summed E-state index contributed by atoms with van der Waals surface area (Å²) in [5, 5.41) is 0. The van der Waals surface area contributed by atoms with Gasteiger partial charge in [-0.3, -0.25) is 4.90 Å². The lowest BCUT2D eigenvalue weighted by Crippen LogP contribution is -2.36. The van der Waals surface area contributed by atoms with Gasteiger partial charge in [0.15, 0.2) is 23.0 Å². The first kappa shape index (κ1) is 23.4. The van der Waals surface area contributed by atoms with E-state index in [0.717, 1.165) is 35.7 Å². The van der Waals surface area contributed by atoms with Gasteiger partial charge in [0, 0.05) is 35.9 Å². The van der Waals surface area contributed by atoms with Gasteiger partial charge >= 0.3 is 5.97 Å². The smallest absolute Gasteiger partial charge is 0.343 e. The van der Waals surface area contributed by atoms with E-state index >= 15 is 0 Å². The number of ether oxygens (including phenoxy) is 6. The van der Waals surface area contributed by atoms with Crippen molar-refractivity contribution in [2.24, 2.45) is 0 Å². The van der Waals surface area contributed by atoms with Gasteiger partial charge in [-0.25, -0.2) is 13.6 Å². The number of rotatable bonds is 5. The van der Waals surface area contributed by atoms with Gasteiger partial charge in [-0.15, -0.1) is 0 Å². The number of carbonyl (C=O) groups is 1. The van der Waals surface area contributed by atoms with Crippen LogP contribution in [0, 0.1) is 11.6 Å². The summed E-state index contributed by atoms with van der Waals surface area (Å²) in [6.45, 7) is 0.795. The van der Waals surface area contributed by atoms with Crippen LogP contribution in [0.3, 0.4) is 0 Å². The maximum atomic E-state index is 13.8. The van der Waals surface area contributed by atoms with Crippen LogP contribution < -0.4 is 23.7 Å². The average molecular weight is 511 g/mol. The van der Waals surface area contributed by atoms with Crippen LogP contribution in [0.25, 0.3) is 0 Å². The van der Waals surface area contributed by atoms with E-state index < -0.39 is 29.7 Å². The minimum absolute atomic E-state index is 0.0221. The van der Waals surface area contributed by atoms with Crippen molar-refractivity contribution in [1.29, 1.82) is 0 Å². The third-order valence-electron chi connectivity index (χ3n) is 6.91. The Labute approximate surface area is 211 Å². The summed E-state index contributed by atoms with van der Waals surface area (Å²) in [5.74, 6) is -0.467. The van der Waals surface area contributed by atoms with E-state index in [-0.39, 0.29) is 29.6 Å². The number of likely N-dealkylation sites (N-methyl/N-ethyl adjacent to an activating group) is 1. The molecule has 3 aromatic rings. The molecule has 0 fully saturated rings. The molecule has 0 radical (unpaired) electrons. The highest BCUT2D eigenvalue weighted by Crippen LogP contribution is 2.55. The monoisotopic (exact) mass is 511 g/mol. The summed E-state index contributed by atoms with van der Waals surface area (Å²) in [6.07, 6.45) is 0.0173. The van der Waals surface area contributed by atoms with Gasteiger partial charge in [0.25, 0.3) is 0 Å². The van der Waals surface area contributed by atoms with E-state index in [1.807, 2.05) is 13.1 Å². The number of fused-ring (bicyclic) bond motifs is 3. The normalized spacial score (nSPS) is 19.8. The molecule has 10 heteroatoms. The van der Waals surface area contributed by atoms with E-state index in [4.69, 9.17) is 28.4 Å². The second kappa shape index (κ2) is 8.81. The Hall–Kier alpha value is -4.05. The predicted molar refractivity (Wildman–Crippen MR) is 126 cm³/mol. The van der Waals surface area contributed by atoms with Gasteiger partial charge in [-0.05, 0) is 31.2 Å². The molecule has 37 heavy (non-hydrogen) atoms. The summed E-state index contributed by atoms with van der Waals surface area (Å²) < 4.78 is 61.9. The average Bonchev–Trinajstić information content (AvgIpc) is 3.46. The fourth-order valence-corrected chi connectivity index (χ4v) is 5.32. The molecule has 0 amide bonds. The van der Waals surface area contributed by atoms with Crippen LogP contribution >= 0.6 is 0 Å². The number of hydrogen-bond donors (Lipinski definition) is 0. The zero-order chi connectivity index (χ0) is 25.8. The molecule has 0 bridgehead atoms. The van der Waals surface area contributed by atoms with Gasteiger partial charge in [-0.2, -0.15) is 0 Å². The van der Waals surface area contributed by atoms with Gasteiger partial charge < -0.3 is 28.4 Å². The van der Waals surface area contributed by atoms with Crippen LogP contribution in [-0.4, -0.2) is 45.5 Å². The molecule has 0 saturated carbocycles. The number of methoxy groups -OCH3 is 2. The summed E-state index contributed by atoms with van der Waals surface area (Å²) in [5.41, 5.74) is 2.54. The number of hydrogen-bond acceptors (Lipinski definition) is 8. The molecule has 0 saturated heterocycles. The molecule has 3 aromatic carbocycles. The van der Waals surface area contributed by atoms with Crippen molar-refractivity contribution in [3.63, 3.8) is 0 Å². The van der Waals surface area contributed by atoms with Crippen molar-refractivity contribution >= 4 is 5.97 Å². The fraction of sp³-hybridized carbons (Fsp3) is 0.296. The third kappa shape index (κ3) is 3.71. The number of halogens is 2. The minimum atomic E-state index is -0.812. The van der Waals surface area contributed by atoms with Crippen molar-refractivity contribution in [3.8, 4) is 34.5 Å². The molecule has 3 aliphatic rings. The highest BCUT2D eigenvalue weighted by Gasteiger charge is 2.46. The molecule has 192 valence electrons. The first-order valence-electron chi connectivity index (χ1n) is 11.6. The Balaban J connectivity index is 1.48. The van der Waals surface area contributed by atoms with E-state index in [0.29, 0.717) is 29.4 Å². The quantitative estimate of drug-likeness (QED) is 0.446. The molecular weight excluding hydrogens is 488 g/mol. The molecule has 8 nitrogen and oxygen atoms in total. The van der Waals surface area contributed by atoms with Crippen molar-refractivity contribution in [2.45, 2.75) is 18.6 Å². The number of cyclic esters (lactones) is 1.